The van der Waals surface area contributed by atoms with Gasteiger partial charge in [0.15, 0.2) is 0 Å². The molecule has 0 amide bonds. The van der Waals surface area contributed by atoms with Crippen molar-refractivity contribution in [2.45, 2.75) is 66.2 Å². The van der Waals surface area contributed by atoms with E-state index in [1.54, 1.807) is 0 Å². The molecule has 4 nitrogen and oxygen atoms in total. The van der Waals surface area contributed by atoms with E-state index in [-0.39, 0.29) is 11.8 Å². The zero-order valence-corrected chi connectivity index (χ0v) is 16.2. The summed E-state index contributed by atoms with van der Waals surface area (Å²) in [5, 5.41) is 19.4. The third-order valence-electron chi connectivity index (χ3n) is 4.70. The van der Waals surface area contributed by atoms with Gasteiger partial charge in [-0.2, -0.15) is 0 Å². The van der Waals surface area contributed by atoms with E-state index in [4.69, 9.17) is 0 Å². The van der Waals surface area contributed by atoms with Crippen LogP contribution in [0.4, 0.5) is 0 Å². The van der Waals surface area contributed by atoms with Crippen molar-refractivity contribution in [3.8, 4) is 0 Å². The van der Waals surface area contributed by atoms with Crippen LogP contribution in [0.5, 0.6) is 0 Å². The Labute approximate surface area is 151 Å². The lowest BCUT2D eigenvalue weighted by molar-refractivity contribution is -0.141. The van der Waals surface area contributed by atoms with Crippen molar-refractivity contribution in [3.63, 3.8) is 0 Å². The van der Waals surface area contributed by atoms with E-state index in [1.807, 2.05) is 45.9 Å². The molecule has 2 atom stereocenters. The molecule has 1 aromatic carbocycles. The first kappa shape index (κ1) is 21.2. The molecule has 0 aliphatic heterocycles. The molecule has 2 unspecified atom stereocenters. The minimum atomic E-state index is -0.904. The number of carboxylic acid groups (broad SMARTS) is 2. The molecule has 1 aromatic rings. The van der Waals surface area contributed by atoms with Gasteiger partial charge in [-0.25, -0.2) is 0 Å². The molecule has 0 spiro atoms. The Kier molecular flexibility index (Phi) is 7.65. The predicted molar refractivity (Wildman–Crippen MR) is 100 cm³/mol. The molecule has 25 heavy (non-hydrogen) atoms. The van der Waals surface area contributed by atoms with Gasteiger partial charge in [0.2, 0.25) is 0 Å². The van der Waals surface area contributed by atoms with Crippen molar-refractivity contribution in [2.24, 2.45) is 17.8 Å². The predicted octanol–water partition coefficient (Wildman–Crippen LogP) is 4.92. The smallest absolute Gasteiger partial charge is 0.311 e. The molecule has 0 fully saturated rings. The van der Waals surface area contributed by atoms with Crippen molar-refractivity contribution in [3.05, 3.63) is 34.9 Å². The second-order valence-corrected chi connectivity index (χ2v) is 8.02. The van der Waals surface area contributed by atoms with Crippen molar-refractivity contribution in [2.75, 3.05) is 0 Å². The molecular weight excluding hydrogens is 316 g/mol. The SMILES string of the molecule is CC(C)CCc1ccc(C(C(=O)O)C(C)C)c(C(C(=O)O)C(C)C)c1. The maximum Gasteiger partial charge on any atom is 0.311 e. The maximum absolute atomic E-state index is 11.9. The molecule has 0 radical (unpaired) electrons. The minimum Gasteiger partial charge on any atom is -0.481 e. The normalized spacial score (nSPS) is 14.1. The highest BCUT2D eigenvalue weighted by Crippen LogP contribution is 2.36. The van der Waals surface area contributed by atoms with Crippen LogP contribution in [0.1, 0.15) is 76.5 Å². The number of hydrogen-bond donors (Lipinski definition) is 2. The number of benzene rings is 1. The fraction of sp³-hybridized carbons (Fsp3) is 0.619. The first-order valence-electron chi connectivity index (χ1n) is 9.14. The largest absolute Gasteiger partial charge is 0.481 e. The average molecular weight is 348 g/mol. The first-order chi connectivity index (χ1) is 11.6. The summed E-state index contributed by atoms with van der Waals surface area (Å²) >= 11 is 0. The lowest BCUT2D eigenvalue weighted by Crippen LogP contribution is -2.24. The number of rotatable bonds is 9. The molecule has 4 heteroatoms. The van der Waals surface area contributed by atoms with Gasteiger partial charge in [0.25, 0.3) is 0 Å². The Bertz CT molecular complexity index is 602. The summed E-state index contributed by atoms with van der Waals surface area (Å²) in [7, 11) is 0. The van der Waals surface area contributed by atoms with Gasteiger partial charge < -0.3 is 10.2 Å². The van der Waals surface area contributed by atoms with Crippen molar-refractivity contribution < 1.29 is 19.8 Å². The van der Waals surface area contributed by atoms with E-state index in [0.717, 1.165) is 18.4 Å². The molecule has 0 bridgehead atoms. The second kappa shape index (κ2) is 9.02. The third kappa shape index (κ3) is 5.58. The van der Waals surface area contributed by atoms with Gasteiger partial charge in [-0.05, 0) is 47.3 Å². The van der Waals surface area contributed by atoms with E-state index < -0.39 is 23.8 Å². The maximum atomic E-state index is 11.9. The van der Waals surface area contributed by atoms with Gasteiger partial charge in [0, 0.05) is 0 Å². The fourth-order valence-corrected chi connectivity index (χ4v) is 3.34. The molecule has 0 aliphatic carbocycles. The molecule has 0 saturated carbocycles. The monoisotopic (exact) mass is 348 g/mol. The molecule has 140 valence electrons. The van der Waals surface area contributed by atoms with Crippen molar-refractivity contribution >= 4 is 11.9 Å². The first-order valence-corrected chi connectivity index (χ1v) is 9.14. The second-order valence-electron chi connectivity index (χ2n) is 8.02. The molecule has 0 saturated heterocycles. The number of carbonyl (C=O) groups is 2. The quantitative estimate of drug-likeness (QED) is 0.664. The van der Waals surface area contributed by atoms with Crippen LogP contribution >= 0.6 is 0 Å². The number of aryl methyl sites for hydroxylation is 1. The molecule has 0 aromatic heterocycles. The molecule has 0 heterocycles. The minimum absolute atomic E-state index is 0.112. The van der Waals surface area contributed by atoms with Gasteiger partial charge in [-0.3, -0.25) is 9.59 Å². The van der Waals surface area contributed by atoms with E-state index in [9.17, 15) is 19.8 Å². The number of hydrogen-bond acceptors (Lipinski definition) is 2. The third-order valence-corrected chi connectivity index (χ3v) is 4.70. The lowest BCUT2D eigenvalue weighted by Gasteiger charge is -2.26. The summed E-state index contributed by atoms with van der Waals surface area (Å²) in [5.41, 5.74) is 2.37. The van der Waals surface area contributed by atoms with Crippen LogP contribution in [0.15, 0.2) is 18.2 Å². The van der Waals surface area contributed by atoms with Crippen LogP contribution in [-0.4, -0.2) is 22.2 Å². The van der Waals surface area contributed by atoms with Crippen LogP contribution in [0, 0.1) is 17.8 Å². The van der Waals surface area contributed by atoms with Crippen LogP contribution in [0.3, 0.4) is 0 Å². The lowest BCUT2D eigenvalue weighted by atomic mass is 9.77. The number of carboxylic acids is 2. The Balaban J connectivity index is 3.49. The van der Waals surface area contributed by atoms with E-state index in [0.29, 0.717) is 17.0 Å². The van der Waals surface area contributed by atoms with Crippen molar-refractivity contribution in [1.29, 1.82) is 0 Å². The van der Waals surface area contributed by atoms with Crippen LogP contribution in [0.25, 0.3) is 0 Å². The molecule has 0 aliphatic rings. The summed E-state index contributed by atoms with van der Waals surface area (Å²) < 4.78 is 0. The van der Waals surface area contributed by atoms with Crippen molar-refractivity contribution in [1.82, 2.24) is 0 Å². The summed E-state index contributed by atoms with van der Waals surface area (Å²) in [4.78, 5) is 23.7. The Morgan fingerprint density at radius 1 is 0.840 bits per heavy atom. The van der Waals surface area contributed by atoms with E-state index in [1.165, 1.54) is 0 Å². The molecule has 1 rings (SSSR count). The average Bonchev–Trinajstić information content (AvgIpc) is 2.45. The summed E-state index contributed by atoms with van der Waals surface area (Å²) in [6.07, 6.45) is 1.89. The van der Waals surface area contributed by atoms with Gasteiger partial charge >= 0.3 is 11.9 Å². The van der Waals surface area contributed by atoms with Gasteiger partial charge in [0.1, 0.15) is 0 Å². The van der Waals surface area contributed by atoms with Gasteiger partial charge in [-0.1, -0.05) is 59.7 Å². The summed E-state index contributed by atoms with van der Waals surface area (Å²) in [5.74, 6) is -2.86. The standard InChI is InChI=1S/C21H32O4/c1-12(2)7-8-15-9-10-16(18(13(3)4)20(22)23)17(11-15)19(14(5)6)21(24)25/h9-14,18-19H,7-8H2,1-6H3,(H,22,23)(H,24,25). The highest BCUT2D eigenvalue weighted by molar-refractivity contribution is 5.81. The van der Waals surface area contributed by atoms with Crippen LogP contribution < -0.4 is 0 Å². The molecular formula is C21H32O4. The topological polar surface area (TPSA) is 74.6 Å². The van der Waals surface area contributed by atoms with Crippen LogP contribution in [-0.2, 0) is 16.0 Å². The molecule has 2 N–H and O–H groups in total. The zero-order valence-electron chi connectivity index (χ0n) is 16.2. The highest BCUT2D eigenvalue weighted by Gasteiger charge is 2.32. The highest BCUT2D eigenvalue weighted by atomic mass is 16.4. The van der Waals surface area contributed by atoms with E-state index in [2.05, 4.69) is 13.8 Å². The van der Waals surface area contributed by atoms with Gasteiger partial charge in [0.05, 0.1) is 11.8 Å². The Hall–Kier alpha value is -1.84. The fourth-order valence-electron chi connectivity index (χ4n) is 3.34. The van der Waals surface area contributed by atoms with Crippen LogP contribution in [0.2, 0.25) is 0 Å². The zero-order chi connectivity index (χ0) is 19.3. The van der Waals surface area contributed by atoms with E-state index >= 15 is 0 Å². The number of aliphatic carboxylic acids is 2. The van der Waals surface area contributed by atoms with Gasteiger partial charge in [-0.15, -0.1) is 0 Å². The summed E-state index contributed by atoms with van der Waals surface area (Å²) in [6.45, 7) is 11.8. The Morgan fingerprint density at radius 2 is 1.32 bits per heavy atom. The Morgan fingerprint density at radius 3 is 1.72 bits per heavy atom. The summed E-state index contributed by atoms with van der Waals surface area (Å²) in [6, 6.07) is 5.72.